The summed E-state index contributed by atoms with van der Waals surface area (Å²) in [6.07, 6.45) is 4.26. The molecule has 92 valence electrons. The molecule has 1 atom stereocenters. The second kappa shape index (κ2) is 6.77. The monoisotopic (exact) mass is 238 g/mol. The van der Waals surface area contributed by atoms with Crippen molar-refractivity contribution in [3.63, 3.8) is 0 Å². The Morgan fingerprint density at radius 1 is 0.944 bits per heavy atom. The van der Waals surface area contributed by atoms with Crippen LogP contribution in [0.1, 0.15) is 24.2 Å². The molecular weight excluding hydrogens is 220 g/mol. The molecule has 1 nitrogen and oxygen atoms in total. The molecule has 0 saturated carbocycles. The maximum atomic E-state index is 5.76. The van der Waals surface area contributed by atoms with Gasteiger partial charge >= 0.3 is 0 Å². The van der Waals surface area contributed by atoms with Crippen molar-refractivity contribution in [3.05, 3.63) is 77.9 Å². The number of hydrogen-bond donors (Lipinski definition) is 0. The van der Waals surface area contributed by atoms with Crippen molar-refractivity contribution < 1.29 is 4.74 Å². The molecular formula is C17H18O. The molecule has 0 aliphatic carbocycles. The molecule has 1 heteroatoms. The highest BCUT2D eigenvalue weighted by atomic mass is 16.5. The minimum Gasteiger partial charge on any atom is -0.370 e. The Balaban J connectivity index is 1.81. The van der Waals surface area contributed by atoms with Crippen LogP contribution in [0.25, 0.3) is 6.08 Å². The van der Waals surface area contributed by atoms with Crippen molar-refractivity contribution in [2.75, 3.05) is 6.61 Å². The molecule has 0 aliphatic rings. The van der Waals surface area contributed by atoms with Crippen LogP contribution in [0.4, 0.5) is 0 Å². The fraction of sp³-hybridized carbons (Fsp3) is 0.176. The maximum absolute atomic E-state index is 5.76. The predicted molar refractivity (Wildman–Crippen MR) is 76.3 cm³/mol. The molecule has 2 rings (SSSR count). The van der Waals surface area contributed by atoms with E-state index in [1.54, 1.807) is 0 Å². The van der Waals surface area contributed by atoms with Crippen LogP contribution in [0.3, 0.4) is 0 Å². The zero-order valence-electron chi connectivity index (χ0n) is 10.6. The second-order valence-electron chi connectivity index (χ2n) is 4.20. The Hall–Kier alpha value is -1.86. The van der Waals surface area contributed by atoms with E-state index in [1.165, 1.54) is 11.1 Å². The van der Waals surface area contributed by atoms with Crippen molar-refractivity contribution in [2.45, 2.75) is 13.0 Å². The zero-order valence-corrected chi connectivity index (χ0v) is 10.6. The molecule has 1 unspecified atom stereocenters. The first-order valence-electron chi connectivity index (χ1n) is 6.24. The molecule has 0 amide bonds. The van der Waals surface area contributed by atoms with Gasteiger partial charge in [-0.25, -0.2) is 0 Å². The average Bonchev–Trinajstić information content (AvgIpc) is 2.45. The lowest BCUT2D eigenvalue weighted by molar-refractivity contribution is 0.0889. The van der Waals surface area contributed by atoms with Crippen LogP contribution in [0, 0.1) is 0 Å². The smallest absolute Gasteiger partial charge is 0.0801 e. The van der Waals surface area contributed by atoms with Gasteiger partial charge in [-0.15, -0.1) is 0 Å². The van der Waals surface area contributed by atoms with Crippen LogP contribution in [0.15, 0.2) is 66.7 Å². The van der Waals surface area contributed by atoms with Gasteiger partial charge in [0.2, 0.25) is 0 Å². The highest BCUT2D eigenvalue weighted by Gasteiger charge is 2.02. The summed E-state index contributed by atoms with van der Waals surface area (Å²) in [6.45, 7) is 2.71. The van der Waals surface area contributed by atoms with Gasteiger partial charge in [-0.05, 0) is 18.1 Å². The van der Waals surface area contributed by atoms with Crippen LogP contribution in [0.2, 0.25) is 0 Å². The third kappa shape index (κ3) is 3.86. The van der Waals surface area contributed by atoms with Crippen molar-refractivity contribution in [1.82, 2.24) is 0 Å². The Kier molecular flexibility index (Phi) is 4.74. The molecule has 18 heavy (non-hydrogen) atoms. The Morgan fingerprint density at radius 2 is 1.56 bits per heavy atom. The molecule has 0 heterocycles. The van der Waals surface area contributed by atoms with Crippen molar-refractivity contribution in [2.24, 2.45) is 0 Å². The lowest BCUT2D eigenvalue weighted by atomic mass is 10.1. The van der Waals surface area contributed by atoms with Crippen LogP contribution >= 0.6 is 0 Å². The van der Waals surface area contributed by atoms with E-state index < -0.39 is 0 Å². The van der Waals surface area contributed by atoms with E-state index in [4.69, 9.17) is 4.74 Å². The van der Waals surface area contributed by atoms with Crippen LogP contribution in [-0.4, -0.2) is 6.61 Å². The van der Waals surface area contributed by atoms with Gasteiger partial charge in [-0.2, -0.15) is 0 Å². The third-order valence-electron chi connectivity index (χ3n) is 2.82. The molecule has 0 aliphatic heterocycles. The fourth-order valence-corrected chi connectivity index (χ4v) is 1.77. The number of benzene rings is 2. The summed E-state index contributed by atoms with van der Waals surface area (Å²) in [5, 5.41) is 0. The molecule has 0 bridgehead atoms. The van der Waals surface area contributed by atoms with Gasteiger partial charge in [0.1, 0.15) is 0 Å². The summed E-state index contributed by atoms with van der Waals surface area (Å²) in [5.74, 6) is 0. The first kappa shape index (κ1) is 12.6. The van der Waals surface area contributed by atoms with Gasteiger partial charge in [0.05, 0.1) is 12.7 Å². The molecule has 0 N–H and O–H groups in total. The predicted octanol–water partition coefficient (Wildman–Crippen LogP) is 4.48. The van der Waals surface area contributed by atoms with E-state index in [0.717, 1.165) is 0 Å². The minimum absolute atomic E-state index is 0.131. The number of hydrogen-bond acceptors (Lipinski definition) is 1. The third-order valence-corrected chi connectivity index (χ3v) is 2.82. The lowest BCUT2D eigenvalue weighted by Gasteiger charge is -2.11. The molecule has 0 saturated heterocycles. The lowest BCUT2D eigenvalue weighted by Crippen LogP contribution is -1.99. The normalized spacial score (nSPS) is 12.7. The second-order valence-corrected chi connectivity index (χ2v) is 4.20. The van der Waals surface area contributed by atoms with Gasteiger partial charge in [-0.3, -0.25) is 0 Å². The Labute approximate surface area is 109 Å². The SMILES string of the molecule is CC(OCC=Cc1ccccc1)c1ccccc1. The van der Waals surface area contributed by atoms with E-state index in [2.05, 4.69) is 43.3 Å². The van der Waals surface area contributed by atoms with Gasteiger partial charge in [0.15, 0.2) is 0 Å². The zero-order chi connectivity index (χ0) is 12.6. The molecule has 0 spiro atoms. The van der Waals surface area contributed by atoms with E-state index in [1.807, 2.05) is 36.4 Å². The average molecular weight is 238 g/mol. The quantitative estimate of drug-likeness (QED) is 0.746. The topological polar surface area (TPSA) is 9.23 Å². The van der Waals surface area contributed by atoms with Gasteiger partial charge in [0.25, 0.3) is 0 Å². The van der Waals surface area contributed by atoms with Crippen LogP contribution < -0.4 is 0 Å². The molecule has 0 radical (unpaired) electrons. The first-order valence-corrected chi connectivity index (χ1v) is 6.24. The van der Waals surface area contributed by atoms with Crippen molar-refractivity contribution >= 4 is 6.08 Å². The molecule has 2 aromatic rings. The summed E-state index contributed by atoms with van der Waals surface area (Å²) in [5.41, 5.74) is 2.42. The van der Waals surface area contributed by atoms with Gasteiger partial charge < -0.3 is 4.74 Å². The number of ether oxygens (including phenoxy) is 1. The Morgan fingerprint density at radius 3 is 2.22 bits per heavy atom. The molecule has 2 aromatic carbocycles. The fourth-order valence-electron chi connectivity index (χ4n) is 1.77. The highest BCUT2D eigenvalue weighted by Crippen LogP contribution is 2.15. The highest BCUT2D eigenvalue weighted by molar-refractivity contribution is 5.48. The number of rotatable bonds is 5. The summed E-state index contributed by atoms with van der Waals surface area (Å²) < 4.78 is 5.76. The van der Waals surface area contributed by atoms with E-state index in [0.29, 0.717) is 6.61 Å². The molecule has 0 fully saturated rings. The summed E-state index contributed by atoms with van der Waals surface area (Å²) in [6, 6.07) is 20.5. The van der Waals surface area contributed by atoms with Crippen LogP contribution in [-0.2, 0) is 4.74 Å². The maximum Gasteiger partial charge on any atom is 0.0801 e. The first-order chi connectivity index (χ1) is 8.86. The Bertz CT molecular complexity index is 473. The van der Waals surface area contributed by atoms with Crippen LogP contribution in [0.5, 0.6) is 0 Å². The summed E-state index contributed by atoms with van der Waals surface area (Å²) in [4.78, 5) is 0. The van der Waals surface area contributed by atoms with Gasteiger partial charge in [-0.1, -0.05) is 72.8 Å². The summed E-state index contributed by atoms with van der Waals surface area (Å²) in [7, 11) is 0. The van der Waals surface area contributed by atoms with Crippen molar-refractivity contribution in [1.29, 1.82) is 0 Å². The minimum atomic E-state index is 0.131. The summed E-state index contributed by atoms with van der Waals surface area (Å²) >= 11 is 0. The standard InChI is InChI=1S/C17H18O/c1-15(17-12-6-3-7-13-17)18-14-8-11-16-9-4-2-5-10-16/h2-13,15H,14H2,1H3. The van der Waals surface area contributed by atoms with Gasteiger partial charge in [0, 0.05) is 0 Å². The largest absolute Gasteiger partial charge is 0.370 e. The van der Waals surface area contributed by atoms with Crippen molar-refractivity contribution in [3.8, 4) is 0 Å². The van der Waals surface area contributed by atoms with E-state index >= 15 is 0 Å². The molecule has 0 aromatic heterocycles. The van der Waals surface area contributed by atoms with E-state index in [-0.39, 0.29) is 6.10 Å². The van der Waals surface area contributed by atoms with E-state index in [9.17, 15) is 0 Å².